The van der Waals surface area contributed by atoms with Crippen LogP contribution in [0.4, 0.5) is 0 Å². The number of carboxylic acid groups (broad SMARTS) is 1. The third kappa shape index (κ3) is 5.74. The average molecular weight is 477 g/mol. The molecule has 0 bridgehead atoms. The van der Waals surface area contributed by atoms with Crippen molar-refractivity contribution in [2.75, 3.05) is 19.6 Å². The predicted octanol–water partition coefficient (Wildman–Crippen LogP) is 6.97. The van der Waals surface area contributed by atoms with Crippen LogP contribution in [0.1, 0.15) is 31.1 Å². The summed E-state index contributed by atoms with van der Waals surface area (Å²) in [5.74, 6) is -1.57. The molecular weight excluding hydrogens is 448 g/mol. The monoisotopic (exact) mass is 476 g/mol. The Bertz CT molecular complexity index is 1250. The topological polar surface area (TPSA) is 73.7 Å². The molecule has 0 aliphatic rings. The Hall–Kier alpha value is -3.41. The quantitative estimate of drug-likeness (QED) is 0.314. The van der Waals surface area contributed by atoms with Crippen molar-refractivity contribution in [3.63, 3.8) is 0 Å². The van der Waals surface area contributed by atoms with Crippen LogP contribution in [0.25, 0.3) is 33.3 Å². The molecule has 3 aromatic carbocycles. The van der Waals surface area contributed by atoms with Gasteiger partial charge in [-0.15, -0.1) is 0 Å². The highest BCUT2D eigenvalue weighted by Crippen LogP contribution is 2.37. The van der Waals surface area contributed by atoms with E-state index in [1.54, 1.807) is 36.4 Å². The first kappa shape index (κ1) is 25.2. The molecule has 0 aliphatic carbocycles. The van der Waals surface area contributed by atoms with E-state index in [9.17, 15) is 15.0 Å². The van der Waals surface area contributed by atoms with Gasteiger partial charge in [0.15, 0.2) is 5.75 Å². The molecule has 0 amide bonds. The maximum Gasteiger partial charge on any atom is 0.340 e. The molecular formula is C28H29ClN2O3. The van der Waals surface area contributed by atoms with E-state index < -0.39 is 5.97 Å². The summed E-state index contributed by atoms with van der Waals surface area (Å²) in [6.45, 7) is 10.1. The number of pyridine rings is 1. The van der Waals surface area contributed by atoms with E-state index in [1.807, 2.05) is 36.4 Å². The van der Waals surface area contributed by atoms with Gasteiger partial charge < -0.3 is 15.1 Å². The third-order valence-electron chi connectivity index (χ3n) is 5.74. The number of aromatic carboxylic acids is 1. The summed E-state index contributed by atoms with van der Waals surface area (Å²) in [5.41, 5.74) is 2.94. The van der Waals surface area contributed by atoms with Crippen LogP contribution in [-0.4, -0.2) is 45.7 Å². The zero-order chi connectivity index (χ0) is 24.7. The second-order valence-electron chi connectivity index (χ2n) is 7.71. The number of hydrogen-bond donors (Lipinski definition) is 2. The summed E-state index contributed by atoms with van der Waals surface area (Å²) < 4.78 is 0. The Morgan fingerprint density at radius 1 is 0.853 bits per heavy atom. The van der Waals surface area contributed by atoms with Gasteiger partial charge in [-0.3, -0.25) is 0 Å². The molecule has 1 aromatic heterocycles. The van der Waals surface area contributed by atoms with Crippen molar-refractivity contribution in [3.8, 4) is 28.1 Å². The van der Waals surface area contributed by atoms with E-state index in [0.29, 0.717) is 21.5 Å². The van der Waals surface area contributed by atoms with Crippen molar-refractivity contribution in [1.82, 2.24) is 9.88 Å². The smallest absolute Gasteiger partial charge is 0.340 e. The number of fused-ring (bicyclic) bond motifs is 1. The normalized spacial score (nSPS) is 10.7. The molecule has 1 heterocycles. The van der Waals surface area contributed by atoms with Gasteiger partial charge >= 0.3 is 5.97 Å². The highest BCUT2D eigenvalue weighted by atomic mass is 35.5. The molecule has 0 saturated carbocycles. The van der Waals surface area contributed by atoms with Gasteiger partial charge in [0.25, 0.3) is 0 Å². The lowest BCUT2D eigenvalue weighted by atomic mass is 9.98. The molecule has 0 fully saturated rings. The van der Waals surface area contributed by atoms with Gasteiger partial charge in [-0.25, -0.2) is 9.78 Å². The number of benzene rings is 3. The zero-order valence-corrected chi connectivity index (χ0v) is 20.4. The van der Waals surface area contributed by atoms with E-state index in [2.05, 4.69) is 30.7 Å². The highest BCUT2D eigenvalue weighted by Gasteiger charge is 2.21. The highest BCUT2D eigenvalue weighted by molar-refractivity contribution is 6.30. The fourth-order valence-electron chi connectivity index (χ4n) is 3.76. The summed E-state index contributed by atoms with van der Waals surface area (Å²) in [6.07, 6.45) is 0. The Labute approximate surface area is 205 Å². The number of aromatic hydroxyl groups is 1. The van der Waals surface area contributed by atoms with Gasteiger partial charge in [-0.05, 0) is 55.0 Å². The second-order valence-corrected chi connectivity index (χ2v) is 8.15. The number of aromatic nitrogens is 1. The Morgan fingerprint density at radius 2 is 1.44 bits per heavy atom. The van der Waals surface area contributed by atoms with Crippen molar-refractivity contribution >= 4 is 28.5 Å². The van der Waals surface area contributed by atoms with Gasteiger partial charge in [0.05, 0.1) is 5.52 Å². The van der Waals surface area contributed by atoms with E-state index in [-0.39, 0.29) is 17.0 Å². The van der Waals surface area contributed by atoms with Gasteiger partial charge in [-0.1, -0.05) is 80.9 Å². The number of carboxylic acids is 1. The second kappa shape index (κ2) is 11.6. The molecule has 0 spiro atoms. The van der Waals surface area contributed by atoms with Crippen LogP contribution in [0, 0.1) is 0 Å². The zero-order valence-electron chi connectivity index (χ0n) is 19.6. The minimum atomic E-state index is -1.21. The molecule has 176 valence electrons. The lowest BCUT2D eigenvalue weighted by molar-refractivity contribution is 0.0696. The van der Waals surface area contributed by atoms with E-state index >= 15 is 0 Å². The molecule has 2 N–H and O–H groups in total. The maximum atomic E-state index is 11.9. The molecule has 0 unspecified atom stereocenters. The fraction of sp³-hybridized carbons (Fsp3) is 0.214. The third-order valence-corrected chi connectivity index (χ3v) is 5.99. The van der Waals surface area contributed by atoms with E-state index in [1.165, 1.54) is 19.6 Å². The Balaban J connectivity index is 0.000000406. The number of nitrogens with zero attached hydrogens (tertiary/aromatic N) is 2. The minimum absolute atomic E-state index is 0.164. The van der Waals surface area contributed by atoms with Crippen LogP contribution >= 0.6 is 11.6 Å². The van der Waals surface area contributed by atoms with Crippen molar-refractivity contribution in [1.29, 1.82) is 0 Å². The average Bonchev–Trinajstić information content (AvgIpc) is 2.86. The summed E-state index contributed by atoms with van der Waals surface area (Å²) >= 11 is 5.91. The van der Waals surface area contributed by atoms with Gasteiger partial charge in [-0.2, -0.15) is 0 Å². The first-order valence-electron chi connectivity index (χ1n) is 11.3. The lowest BCUT2D eigenvalue weighted by Crippen LogP contribution is -2.21. The first-order valence-corrected chi connectivity index (χ1v) is 11.7. The lowest BCUT2D eigenvalue weighted by Gasteiger charge is -2.13. The maximum absolute atomic E-state index is 11.9. The standard InChI is InChI=1S/C22H14ClNO3.C6H15N/c23-16-9-6-14(7-10-16)20-21(25)19(22(26)27)17-12-15(8-11-18(17)24-20)13-4-2-1-3-5-13;1-4-7(5-2)6-3/h1-12,25H,(H,26,27);4-6H2,1-3H3. The molecule has 4 aromatic rings. The van der Waals surface area contributed by atoms with E-state index in [0.717, 1.165) is 11.1 Å². The van der Waals surface area contributed by atoms with Crippen LogP contribution in [-0.2, 0) is 0 Å². The number of carbonyl (C=O) groups is 1. The van der Waals surface area contributed by atoms with Crippen LogP contribution in [0.5, 0.6) is 5.75 Å². The molecule has 0 atom stereocenters. The van der Waals surface area contributed by atoms with Crippen molar-refractivity contribution in [2.45, 2.75) is 20.8 Å². The van der Waals surface area contributed by atoms with Crippen LogP contribution in [0.3, 0.4) is 0 Å². The van der Waals surface area contributed by atoms with Crippen LogP contribution < -0.4 is 0 Å². The summed E-state index contributed by atoms with van der Waals surface area (Å²) in [5, 5.41) is 21.3. The largest absolute Gasteiger partial charge is 0.505 e. The SMILES string of the molecule is CCN(CC)CC.O=C(O)c1c(O)c(-c2ccc(Cl)cc2)nc2ccc(-c3ccccc3)cc12. The van der Waals surface area contributed by atoms with Gasteiger partial charge in [0.2, 0.25) is 0 Å². The van der Waals surface area contributed by atoms with Gasteiger partial charge in [0, 0.05) is 16.0 Å². The molecule has 34 heavy (non-hydrogen) atoms. The van der Waals surface area contributed by atoms with Crippen molar-refractivity contribution in [2.24, 2.45) is 0 Å². The first-order chi connectivity index (χ1) is 16.4. The van der Waals surface area contributed by atoms with Crippen LogP contribution in [0.2, 0.25) is 5.02 Å². The summed E-state index contributed by atoms with van der Waals surface area (Å²) in [7, 11) is 0. The number of halogens is 1. The number of rotatable bonds is 6. The molecule has 0 radical (unpaired) electrons. The predicted molar refractivity (Wildman–Crippen MR) is 140 cm³/mol. The molecule has 0 aliphatic heterocycles. The van der Waals surface area contributed by atoms with E-state index in [4.69, 9.17) is 11.6 Å². The molecule has 6 heteroatoms. The molecule has 5 nitrogen and oxygen atoms in total. The molecule has 0 saturated heterocycles. The summed E-state index contributed by atoms with van der Waals surface area (Å²) in [6, 6.07) is 21.7. The Kier molecular flexibility index (Phi) is 8.63. The summed E-state index contributed by atoms with van der Waals surface area (Å²) in [4.78, 5) is 18.8. The van der Waals surface area contributed by atoms with Crippen LogP contribution in [0.15, 0.2) is 72.8 Å². The minimum Gasteiger partial charge on any atom is -0.505 e. The van der Waals surface area contributed by atoms with Crippen molar-refractivity contribution in [3.05, 3.63) is 83.4 Å². The van der Waals surface area contributed by atoms with Gasteiger partial charge in [0.1, 0.15) is 11.3 Å². The number of hydrogen-bond acceptors (Lipinski definition) is 4. The van der Waals surface area contributed by atoms with Crippen molar-refractivity contribution < 1.29 is 15.0 Å². The Morgan fingerprint density at radius 3 is 1.97 bits per heavy atom. The molecule has 4 rings (SSSR count). The fourth-order valence-corrected chi connectivity index (χ4v) is 3.89.